The Labute approximate surface area is 130 Å². The maximum atomic E-state index is 12.8. The predicted molar refractivity (Wildman–Crippen MR) is 86.3 cm³/mol. The summed E-state index contributed by atoms with van der Waals surface area (Å²) >= 11 is 0. The number of nitrogens with zero attached hydrogens (tertiary/aromatic N) is 2. The summed E-state index contributed by atoms with van der Waals surface area (Å²) in [5.74, 6) is 1.08. The van der Waals surface area contributed by atoms with E-state index in [-0.39, 0.29) is 6.04 Å². The van der Waals surface area contributed by atoms with E-state index in [1.807, 2.05) is 6.92 Å². The largest absolute Gasteiger partial charge is 0.314 e. The minimum absolute atomic E-state index is 0.144. The van der Waals surface area contributed by atoms with Gasteiger partial charge in [0.15, 0.2) is 0 Å². The van der Waals surface area contributed by atoms with Gasteiger partial charge in [0.1, 0.15) is 0 Å². The normalized spacial score (nSPS) is 30.3. The fourth-order valence-corrected chi connectivity index (χ4v) is 5.43. The van der Waals surface area contributed by atoms with Crippen LogP contribution >= 0.6 is 0 Å². The summed E-state index contributed by atoms with van der Waals surface area (Å²) in [6.07, 6.45) is 2.92. The van der Waals surface area contributed by atoms with Gasteiger partial charge in [-0.25, -0.2) is 0 Å². The fourth-order valence-electron chi connectivity index (χ4n) is 3.48. The highest BCUT2D eigenvalue weighted by Gasteiger charge is 2.39. The van der Waals surface area contributed by atoms with Crippen LogP contribution in [0.5, 0.6) is 0 Å². The van der Waals surface area contributed by atoms with Crippen molar-refractivity contribution in [3.05, 3.63) is 0 Å². The lowest BCUT2D eigenvalue weighted by atomic mass is 9.98. The first-order valence-electron chi connectivity index (χ1n) is 8.31. The summed E-state index contributed by atoms with van der Waals surface area (Å²) < 4.78 is 28.9. The maximum absolute atomic E-state index is 12.8. The van der Waals surface area contributed by atoms with Crippen molar-refractivity contribution in [1.29, 1.82) is 0 Å². The molecule has 1 N–H and O–H groups in total. The summed E-state index contributed by atoms with van der Waals surface area (Å²) in [6.45, 7) is 11.5. The second kappa shape index (κ2) is 6.94. The highest BCUT2D eigenvalue weighted by atomic mass is 32.2. The molecule has 0 saturated carbocycles. The van der Waals surface area contributed by atoms with E-state index < -0.39 is 10.2 Å². The molecule has 2 atom stereocenters. The molecule has 2 aliphatic heterocycles. The standard InChI is InChI=1S/C15H31N3O2S/c1-12(2)16-10-15-5-7-17(8-6-15)21(19,20)18-11-13(3)9-14(18)4/h12-16H,5-11H2,1-4H3. The van der Waals surface area contributed by atoms with E-state index in [0.29, 0.717) is 37.5 Å². The molecule has 6 heteroatoms. The van der Waals surface area contributed by atoms with Gasteiger partial charge in [-0.3, -0.25) is 0 Å². The van der Waals surface area contributed by atoms with Gasteiger partial charge in [-0.1, -0.05) is 20.8 Å². The summed E-state index contributed by atoms with van der Waals surface area (Å²) in [4.78, 5) is 0. The van der Waals surface area contributed by atoms with Gasteiger partial charge in [0, 0.05) is 31.7 Å². The predicted octanol–water partition coefficient (Wildman–Crippen LogP) is 1.67. The van der Waals surface area contributed by atoms with Gasteiger partial charge < -0.3 is 5.32 Å². The molecule has 21 heavy (non-hydrogen) atoms. The molecule has 0 aromatic heterocycles. The smallest absolute Gasteiger partial charge is 0.282 e. The summed E-state index contributed by atoms with van der Waals surface area (Å²) in [7, 11) is -3.25. The second-order valence-corrected chi connectivity index (χ2v) is 9.05. The first-order chi connectivity index (χ1) is 9.80. The van der Waals surface area contributed by atoms with E-state index in [9.17, 15) is 8.42 Å². The van der Waals surface area contributed by atoms with Gasteiger partial charge in [-0.05, 0) is 44.6 Å². The van der Waals surface area contributed by atoms with Crippen molar-refractivity contribution in [2.75, 3.05) is 26.2 Å². The molecular formula is C15H31N3O2S. The third-order valence-corrected chi connectivity index (χ3v) is 6.86. The number of hydrogen-bond donors (Lipinski definition) is 1. The zero-order valence-electron chi connectivity index (χ0n) is 13.9. The first kappa shape index (κ1) is 17.2. The molecule has 0 aliphatic carbocycles. The molecule has 0 amide bonds. The van der Waals surface area contributed by atoms with Crippen LogP contribution in [0, 0.1) is 11.8 Å². The van der Waals surface area contributed by atoms with Crippen LogP contribution in [0.15, 0.2) is 0 Å². The topological polar surface area (TPSA) is 52.7 Å². The van der Waals surface area contributed by atoms with Crippen LogP contribution in [0.25, 0.3) is 0 Å². The Morgan fingerprint density at radius 3 is 2.29 bits per heavy atom. The monoisotopic (exact) mass is 317 g/mol. The SMILES string of the molecule is CC1CC(C)N(S(=O)(=O)N2CCC(CNC(C)C)CC2)C1. The van der Waals surface area contributed by atoms with E-state index in [4.69, 9.17) is 0 Å². The van der Waals surface area contributed by atoms with Gasteiger partial charge >= 0.3 is 0 Å². The Balaban J connectivity index is 1.89. The molecule has 2 heterocycles. The van der Waals surface area contributed by atoms with Crippen LogP contribution in [-0.2, 0) is 10.2 Å². The molecule has 124 valence electrons. The molecule has 2 aliphatic rings. The van der Waals surface area contributed by atoms with Gasteiger partial charge in [0.2, 0.25) is 0 Å². The lowest BCUT2D eigenvalue weighted by Crippen LogP contribution is -2.49. The summed E-state index contributed by atoms with van der Waals surface area (Å²) in [5, 5.41) is 3.46. The van der Waals surface area contributed by atoms with Gasteiger partial charge in [0.05, 0.1) is 0 Å². The molecule has 0 aromatic carbocycles. The van der Waals surface area contributed by atoms with E-state index >= 15 is 0 Å². The van der Waals surface area contributed by atoms with Crippen LogP contribution in [-0.4, -0.2) is 55.3 Å². The Morgan fingerprint density at radius 2 is 1.81 bits per heavy atom. The van der Waals surface area contributed by atoms with E-state index in [1.165, 1.54) is 0 Å². The molecule has 0 bridgehead atoms. The lowest BCUT2D eigenvalue weighted by molar-refractivity contribution is 0.245. The molecule has 0 aromatic rings. The Bertz CT molecular complexity index is 430. The number of piperidine rings is 1. The van der Waals surface area contributed by atoms with Crippen molar-refractivity contribution in [1.82, 2.24) is 13.9 Å². The highest BCUT2D eigenvalue weighted by molar-refractivity contribution is 7.86. The molecule has 2 saturated heterocycles. The number of nitrogens with one attached hydrogen (secondary N) is 1. The van der Waals surface area contributed by atoms with Crippen molar-refractivity contribution in [3.63, 3.8) is 0 Å². The number of hydrogen-bond acceptors (Lipinski definition) is 3. The van der Waals surface area contributed by atoms with Gasteiger partial charge in [0.25, 0.3) is 10.2 Å². The Morgan fingerprint density at radius 1 is 1.19 bits per heavy atom. The molecule has 2 unspecified atom stereocenters. The van der Waals surface area contributed by atoms with Crippen LogP contribution < -0.4 is 5.32 Å². The zero-order valence-corrected chi connectivity index (χ0v) is 14.7. The van der Waals surface area contributed by atoms with Crippen molar-refractivity contribution in [2.45, 2.75) is 59.0 Å². The van der Waals surface area contributed by atoms with E-state index in [1.54, 1.807) is 8.61 Å². The minimum Gasteiger partial charge on any atom is -0.314 e. The third kappa shape index (κ3) is 4.18. The van der Waals surface area contributed by atoms with E-state index in [2.05, 4.69) is 26.1 Å². The average molecular weight is 317 g/mol. The second-order valence-electron chi connectivity index (χ2n) is 7.17. The average Bonchev–Trinajstić information content (AvgIpc) is 2.76. The van der Waals surface area contributed by atoms with Crippen molar-refractivity contribution >= 4 is 10.2 Å². The molecule has 0 spiro atoms. The first-order valence-corrected chi connectivity index (χ1v) is 9.70. The van der Waals surface area contributed by atoms with Crippen molar-refractivity contribution in [3.8, 4) is 0 Å². The van der Waals surface area contributed by atoms with Crippen molar-refractivity contribution < 1.29 is 8.42 Å². The molecule has 0 radical (unpaired) electrons. The summed E-state index contributed by atoms with van der Waals surface area (Å²) in [5.41, 5.74) is 0. The van der Waals surface area contributed by atoms with Gasteiger partial charge in [-0.2, -0.15) is 17.0 Å². The van der Waals surface area contributed by atoms with Crippen LogP contribution in [0.3, 0.4) is 0 Å². The highest BCUT2D eigenvalue weighted by Crippen LogP contribution is 2.29. The van der Waals surface area contributed by atoms with Crippen LogP contribution in [0.2, 0.25) is 0 Å². The Hall–Kier alpha value is -0.170. The molecule has 5 nitrogen and oxygen atoms in total. The maximum Gasteiger partial charge on any atom is 0.282 e. The van der Waals surface area contributed by atoms with Crippen LogP contribution in [0.4, 0.5) is 0 Å². The van der Waals surface area contributed by atoms with Crippen molar-refractivity contribution in [2.24, 2.45) is 11.8 Å². The van der Waals surface area contributed by atoms with E-state index in [0.717, 1.165) is 25.8 Å². The Kier molecular flexibility index (Phi) is 5.68. The third-order valence-electron chi connectivity index (χ3n) is 4.74. The molecular weight excluding hydrogens is 286 g/mol. The fraction of sp³-hybridized carbons (Fsp3) is 1.00. The lowest BCUT2D eigenvalue weighted by Gasteiger charge is -2.35. The minimum atomic E-state index is -3.25. The van der Waals surface area contributed by atoms with Gasteiger partial charge in [-0.15, -0.1) is 0 Å². The molecule has 2 fully saturated rings. The number of rotatable bonds is 5. The molecule has 2 rings (SSSR count). The zero-order chi connectivity index (χ0) is 15.6. The van der Waals surface area contributed by atoms with Crippen LogP contribution in [0.1, 0.15) is 47.0 Å². The summed E-state index contributed by atoms with van der Waals surface area (Å²) in [6, 6.07) is 0.643. The quantitative estimate of drug-likeness (QED) is 0.839.